The van der Waals surface area contributed by atoms with Crippen molar-refractivity contribution in [2.24, 2.45) is 5.92 Å². The second-order valence-corrected chi connectivity index (χ2v) is 14.6. The van der Waals surface area contributed by atoms with Crippen molar-refractivity contribution in [1.82, 2.24) is 0 Å². The summed E-state index contributed by atoms with van der Waals surface area (Å²) in [7, 11) is -2.65. The topological polar surface area (TPSA) is 47.9 Å². The molecule has 1 fully saturated rings. The molecule has 1 aliphatic rings. The van der Waals surface area contributed by atoms with Crippen LogP contribution in [0.4, 0.5) is 0 Å². The van der Waals surface area contributed by atoms with Crippen molar-refractivity contribution in [3.8, 4) is 11.8 Å². The third kappa shape index (κ3) is 5.77. The summed E-state index contributed by atoms with van der Waals surface area (Å²) >= 11 is 0. The van der Waals surface area contributed by atoms with Gasteiger partial charge in [0.2, 0.25) is 0 Å². The molecule has 0 saturated carbocycles. The molecule has 178 valence electrons. The highest BCUT2D eigenvalue weighted by molar-refractivity contribution is 6.99. The molecule has 0 aromatic heterocycles. The highest BCUT2D eigenvalue weighted by Gasteiger charge is 2.51. The number of benzene rings is 2. The first kappa shape index (κ1) is 25.7. The first-order valence-electron chi connectivity index (χ1n) is 11.8. The third-order valence-electron chi connectivity index (χ3n) is 6.33. The van der Waals surface area contributed by atoms with E-state index in [9.17, 15) is 5.11 Å². The van der Waals surface area contributed by atoms with E-state index in [0.717, 1.165) is 0 Å². The van der Waals surface area contributed by atoms with E-state index in [-0.39, 0.29) is 17.1 Å². The maximum atomic E-state index is 10.5. The zero-order chi connectivity index (χ0) is 24.3. The zero-order valence-corrected chi connectivity index (χ0v) is 22.0. The van der Waals surface area contributed by atoms with Gasteiger partial charge >= 0.3 is 0 Å². The maximum Gasteiger partial charge on any atom is 0.261 e. The van der Waals surface area contributed by atoms with Crippen molar-refractivity contribution in [1.29, 1.82) is 0 Å². The van der Waals surface area contributed by atoms with Crippen molar-refractivity contribution in [3.63, 3.8) is 0 Å². The molecule has 4 nitrogen and oxygen atoms in total. The predicted molar refractivity (Wildman–Crippen MR) is 136 cm³/mol. The van der Waals surface area contributed by atoms with Gasteiger partial charge in [0.25, 0.3) is 8.32 Å². The monoisotopic (exact) mass is 466 g/mol. The Bertz CT molecular complexity index is 917. The highest BCUT2D eigenvalue weighted by atomic mass is 28.4. The minimum absolute atomic E-state index is 0.0726. The van der Waals surface area contributed by atoms with E-state index < -0.39 is 26.3 Å². The van der Waals surface area contributed by atoms with Crippen LogP contribution in [0.25, 0.3) is 0 Å². The quantitative estimate of drug-likeness (QED) is 0.514. The summed E-state index contributed by atoms with van der Waals surface area (Å²) in [6.45, 7) is 15.0. The fourth-order valence-electron chi connectivity index (χ4n) is 4.37. The standard InChI is InChI=1S/C28H38O4Si/c1-21(18-19-25(29)26-20-30-28(6,7)31-26)22(2)32-33(27(3,4)5,23-14-10-8-11-15-23)24-16-12-9-13-17-24/h8-17,21-22,25-26,29H,20H2,1-7H3/t21-,22-,25?,26-/m1/s1. The molecule has 1 aliphatic heterocycles. The first-order valence-corrected chi connectivity index (χ1v) is 13.7. The third-order valence-corrected chi connectivity index (χ3v) is 11.5. The van der Waals surface area contributed by atoms with Gasteiger partial charge in [0.1, 0.15) is 12.2 Å². The van der Waals surface area contributed by atoms with Crippen LogP contribution in [0.2, 0.25) is 5.04 Å². The van der Waals surface area contributed by atoms with Gasteiger partial charge < -0.3 is 19.0 Å². The predicted octanol–water partition coefficient (Wildman–Crippen LogP) is 4.10. The van der Waals surface area contributed by atoms with Gasteiger partial charge in [-0.15, -0.1) is 0 Å². The molecule has 3 rings (SSSR count). The lowest BCUT2D eigenvalue weighted by Crippen LogP contribution is -2.67. The Kier molecular flexibility index (Phi) is 7.88. The fourth-order valence-corrected chi connectivity index (χ4v) is 9.15. The largest absolute Gasteiger partial charge is 0.404 e. The highest BCUT2D eigenvalue weighted by Crippen LogP contribution is 2.38. The lowest BCUT2D eigenvalue weighted by atomic mass is 10.1. The lowest BCUT2D eigenvalue weighted by Gasteiger charge is -2.45. The summed E-state index contributed by atoms with van der Waals surface area (Å²) in [6, 6.07) is 21.2. The van der Waals surface area contributed by atoms with E-state index in [1.807, 2.05) is 26.0 Å². The van der Waals surface area contributed by atoms with Crippen LogP contribution in [0, 0.1) is 17.8 Å². The maximum absolute atomic E-state index is 10.5. The van der Waals surface area contributed by atoms with Crippen molar-refractivity contribution < 1.29 is 19.0 Å². The second-order valence-electron chi connectivity index (χ2n) is 10.4. The molecular weight excluding hydrogens is 428 g/mol. The van der Waals surface area contributed by atoms with Gasteiger partial charge in [-0.1, -0.05) is 93.3 Å². The van der Waals surface area contributed by atoms with Gasteiger partial charge in [-0.3, -0.25) is 0 Å². The van der Waals surface area contributed by atoms with E-state index >= 15 is 0 Å². The molecule has 1 N–H and O–H groups in total. The van der Waals surface area contributed by atoms with Crippen LogP contribution in [0.3, 0.4) is 0 Å². The molecule has 2 aromatic carbocycles. The summed E-state index contributed by atoms with van der Waals surface area (Å²) < 4.78 is 18.4. The SMILES string of the molecule is C[C@H](C#CC(O)[C@H]1COC(C)(C)O1)[C@@H](C)O[Si](c1ccccc1)(c1ccccc1)C(C)(C)C. The van der Waals surface area contributed by atoms with E-state index in [4.69, 9.17) is 13.9 Å². The van der Waals surface area contributed by atoms with Crippen LogP contribution in [-0.2, 0) is 13.9 Å². The van der Waals surface area contributed by atoms with Crippen LogP contribution in [-0.4, -0.2) is 44.1 Å². The Morgan fingerprint density at radius 1 is 0.970 bits per heavy atom. The van der Waals surface area contributed by atoms with Gasteiger partial charge in [0.15, 0.2) is 5.79 Å². The number of hydrogen-bond acceptors (Lipinski definition) is 4. The van der Waals surface area contributed by atoms with Crippen LogP contribution < -0.4 is 10.4 Å². The molecular formula is C28H38O4Si. The molecule has 1 unspecified atom stereocenters. The van der Waals surface area contributed by atoms with Gasteiger partial charge in [-0.25, -0.2) is 0 Å². The molecule has 1 saturated heterocycles. The van der Waals surface area contributed by atoms with E-state index in [1.54, 1.807) is 0 Å². The van der Waals surface area contributed by atoms with Crippen molar-refractivity contribution in [3.05, 3.63) is 60.7 Å². The minimum Gasteiger partial charge on any atom is -0.404 e. The lowest BCUT2D eigenvalue weighted by molar-refractivity contribution is -0.146. The Morgan fingerprint density at radius 3 is 1.91 bits per heavy atom. The number of aliphatic hydroxyl groups excluding tert-OH is 1. The van der Waals surface area contributed by atoms with Gasteiger partial charge in [0.05, 0.1) is 12.7 Å². The summed E-state index contributed by atoms with van der Waals surface area (Å²) in [6.07, 6.45) is -1.46. The van der Waals surface area contributed by atoms with E-state index in [1.165, 1.54) is 10.4 Å². The smallest absolute Gasteiger partial charge is 0.261 e. The average molecular weight is 467 g/mol. The Hall–Kier alpha value is -1.94. The molecule has 33 heavy (non-hydrogen) atoms. The fraction of sp³-hybridized carbons (Fsp3) is 0.500. The minimum atomic E-state index is -2.65. The molecule has 1 heterocycles. The molecule has 5 heteroatoms. The molecule has 0 spiro atoms. The molecule has 0 amide bonds. The number of hydrogen-bond donors (Lipinski definition) is 1. The van der Waals surface area contributed by atoms with E-state index in [0.29, 0.717) is 6.61 Å². The molecule has 2 aromatic rings. The summed E-state index contributed by atoms with van der Waals surface area (Å²) in [5.41, 5.74) is 0. The Balaban J connectivity index is 1.89. The molecule has 4 atom stereocenters. The van der Waals surface area contributed by atoms with Crippen molar-refractivity contribution in [2.75, 3.05) is 6.61 Å². The van der Waals surface area contributed by atoms with Gasteiger partial charge in [0, 0.05) is 5.92 Å². The van der Waals surface area contributed by atoms with Crippen LogP contribution >= 0.6 is 0 Å². The first-order chi connectivity index (χ1) is 15.5. The molecule has 0 radical (unpaired) electrons. The van der Waals surface area contributed by atoms with E-state index in [2.05, 4.69) is 95.0 Å². The molecule has 0 aliphatic carbocycles. The normalized spacial score (nSPS) is 21.0. The van der Waals surface area contributed by atoms with Gasteiger partial charge in [-0.05, 0) is 43.1 Å². The number of aliphatic hydroxyl groups is 1. The van der Waals surface area contributed by atoms with Crippen LogP contribution in [0.15, 0.2) is 60.7 Å². The number of ether oxygens (including phenoxy) is 2. The van der Waals surface area contributed by atoms with Crippen molar-refractivity contribution in [2.45, 2.75) is 77.6 Å². The van der Waals surface area contributed by atoms with Gasteiger partial charge in [-0.2, -0.15) is 0 Å². The Morgan fingerprint density at radius 2 is 1.48 bits per heavy atom. The summed E-state index contributed by atoms with van der Waals surface area (Å²) in [5, 5.41) is 12.9. The zero-order valence-electron chi connectivity index (χ0n) is 21.0. The van der Waals surface area contributed by atoms with Crippen molar-refractivity contribution >= 4 is 18.7 Å². The summed E-state index contributed by atoms with van der Waals surface area (Å²) in [5.74, 6) is 5.45. The second kappa shape index (κ2) is 10.1. The van der Waals surface area contributed by atoms with Crippen LogP contribution in [0.1, 0.15) is 48.5 Å². The average Bonchev–Trinajstić information content (AvgIpc) is 3.15. The Labute approximate surface area is 200 Å². The summed E-state index contributed by atoms with van der Waals surface area (Å²) in [4.78, 5) is 0. The molecule has 0 bridgehead atoms. The van der Waals surface area contributed by atoms with Crippen LogP contribution in [0.5, 0.6) is 0 Å². The number of rotatable bonds is 6.